The van der Waals surface area contributed by atoms with E-state index in [-0.39, 0.29) is 23.7 Å². The van der Waals surface area contributed by atoms with Crippen LogP contribution in [0, 0.1) is 0 Å². The van der Waals surface area contributed by atoms with E-state index in [0.29, 0.717) is 5.69 Å². The minimum absolute atomic E-state index is 0.0421. The summed E-state index contributed by atoms with van der Waals surface area (Å²) in [6.45, 7) is 0. The Kier molecular flexibility index (Phi) is 4.50. The van der Waals surface area contributed by atoms with Crippen molar-refractivity contribution in [3.63, 3.8) is 0 Å². The largest absolute Gasteiger partial charge is 0.508 e. The van der Waals surface area contributed by atoms with Gasteiger partial charge in [-0.1, -0.05) is 12.1 Å². The summed E-state index contributed by atoms with van der Waals surface area (Å²) >= 11 is 1.37. The molecule has 0 spiro atoms. The normalized spacial score (nSPS) is 19.0. The average Bonchev–Trinajstić information content (AvgIpc) is 3.29. The second-order valence-corrected chi connectivity index (χ2v) is 7.35. The molecule has 3 aromatic rings. The quantitative estimate of drug-likeness (QED) is 0.594. The van der Waals surface area contributed by atoms with Crippen LogP contribution in [-0.4, -0.2) is 27.0 Å². The van der Waals surface area contributed by atoms with E-state index in [0.717, 1.165) is 9.56 Å². The Morgan fingerprint density at radius 3 is 2.79 bits per heavy atom. The third-order valence-electron chi connectivity index (χ3n) is 4.41. The van der Waals surface area contributed by atoms with Crippen LogP contribution in [-0.2, 0) is 0 Å². The zero-order valence-corrected chi connectivity index (χ0v) is 15.1. The van der Waals surface area contributed by atoms with Crippen molar-refractivity contribution in [2.75, 3.05) is 10.6 Å². The van der Waals surface area contributed by atoms with E-state index >= 15 is 0 Å². The molecule has 146 valence electrons. The van der Waals surface area contributed by atoms with Crippen LogP contribution in [0.2, 0.25) is 0 Å². The summed E-state index contributed by atoms with van der Waals surface area (Å²) in [5.41, 5.74) is 0.166. The number of aromatic nitrogens is 2. The van der Waals surface area contributed by atoms with Crippen molar-refractivity contribution < 1.29 is 23.1 Å². The van der Waals surface area contributed by atoms with Gasteiger partial charge in [-0.25, -0.2) is 4.68 Å². The molecule has 1 aliphatic heterocycles. The number of nitrogens with one attached hydrogen (secondary N) is 2. The first-order valence-corrected chi connectivity index (χ1v) is 9.26. The topological polar surface area (TPSA) is 79.2 Å². The summed E-state index contributed by atoms with van der Waals surface area (Å²) in [5, 5.41) is 20.7. The van der Waals surface area contributed by atoms with E-state index in [1.807, 2.05) is 0 Å². The van der Waals surface area contributed by atoms with E-state index in [9.17, 15) is 23.1 Å². The predicted octanol–water partition coefficient (Wildman–Crippen LogP) is 4.56. The number of hydrogen-bond donors (Lipinski definition) is 3. The maximum Gasteiger partial charge on any atom is 0.410 e. The maximum absolute atomic E-state index is 13.6. The molecule has 0 bridgehead atoms. The molecule has 0 aliphatic carbocycles. The molecule has 0 radical (unpaired) electrons. The van der Waals surface area contributed by atoms with E-state index in [1.165, 1.54) is 35.6 Å². The lowest BCUT2D eigenvalue weighted by Crippen LogP contribution is -2.35. The van der Waals surface area contributed by atoms with Crippen molar-refractivity contribution in [2.45, 2.75) is 24.7 Å². The minimum atomic E-state index is -4.50. The summed E-state index contributed by atoms with van der Waals surface area (Å²) in [4.78, 5) is 13.2. The fourth-order valence-corrected chi connectivity index (χ4v) is 3.93. The Morgan fingerprint density at radius 1 is 1.29 bits per heavy atom. The summed E-state index contributed by atoms with van der Waals surface area (Å²) in [6.07, 6.45) is -4.72. The molecule has 1 amide bonds. The van der Waals surface area contributed by atoms with Gasteiger partial charge in [0, 0.05) is 29.1 Å². The Bertz CT molecular complexity index is 1000. The van der Waals surface area contributed by atoms with Crippen LogP contribution in [0.4, 0.5) is 24.7 Å². The number of aromatic hydroxyl groups is 1. The second-order valence-electron chi connectivity index (χ2n) is 6.37. The molecular formula is C18H15F3N4O2S. The Labute approximate surface area is 161 Å². The average molecular weight is 408 g/mol. The van der Waals surface area contributed by atoms with E-state index in [4.69, 9.17) is 0 Å². The first-order chi connectivity index (χ1) is 13.3. The monoisotopic (exact) mass is 408 g/mol. The lowest BCUT2D eigenvalue weighted by molar-refractivity contribution is -0.173. The number of amides is 1. The molecule has 0 fully saturated rings. The molecule has 2 aromatic heterocycles. The fraction of sp³-hybridized carbons (Fsp3) is 0.222. The number of phenolic OH excluding ortho intramolecular Hbond substituents is 1. The van der Waals surface area contributed by atoms with Gasteiger partial charge in [0.25, 0.3) is 5.91 Å². The number of halogens is 3. The first-order valence-electron chi connectivity index (χ1n) is 8.38. The predicted molar refractivity (Wildman–Crippen MR) is 98.7 cm³/mol. The second kappa shape index (κ2) is 6.86. The number of carbonyl (C=O) groups is 1. The van der Waals surface area contributed by atoms with Crippen LogP contribution in [0.5, 0.6) is 5.75 Å². The molecule has 0 unspecified atom stereocenters. The van der Waals surface area contributed by atoms with Gasteiger partial charge in [0.2, 0.25) is 0 Å². The van der Waals surface area contributed by atoms with Crippen LogP contribution < -0.4 is 10.6 Å². The van der Waals surface area contributed by atoms with Crippen LogP contribution in [0.25, 0.3) is 0 Å². The molecule has 10 heteroatoms. The van der Waals surface area contributed by atoms with Crippen LogP contribution in [0.15, 0.2) is 47.8 Å². The molecule has 0 saturated heterocycles. The van der Waals surface area contributed by atoms with Crippen molar-refractivity contribution in [1.29, 1.82) is 0 Å². The molecule has 6 nitrogen and oxygen atoms in total. The van der Waals surface area contributed by atoms with Gasteiger partial charge in [-0.05, 0) is 23.6 Å². The molecule has 3 heterocycles. The lowest BCUT2D eigenvalue weighted by Gasteiger charge is -2.32. The smallest absolute Gasteiger partial charge is 0.410 e. The summed E-state index contributed by atoms with van der Waals surface area (Å²) < 4.78 is 41.7. The third kappa shape index (κ3) is 3.55. The fourth-order valence-electron chi connectivity index (χ4n) is 3.14. The maximum atomic E-state index is 13.6. The van der Waals surface area contributed by atoms with Crippen LogP contribution in [0.1, 0.15) is 33.9 Å². The van der Waals surface area contributed by atoms with Gasteiger partial charge in [-0.15, -0.1) is 11.3 Å². The number of fused-ring (bicyclic) bond motifs is 1. The lowest BCUT2D eigenvalue weighted by atomic mass is 10.0. The third-order valence-corrected chi connectivity index (χ3v) is 5.40. The molecule has 1 aromatic carbocycles. The van der Waals surface area contributed by atoms with Crippen molar-refractivity contribution in [3.05, 3.63) is 58.4 Å². The van der Waals surface area contributed by atoms with E-state index in [1.54, 1.807) is 23.6 Å². The molecular weight excluding hydrogens is 393 g/mol. The number of anilines is 2. The summed E-state index contributed by atoms with van der Waals surface area (Å²) in [7, 11) is 0. The number of thiophene rings is 1. The SMILES string of the molecule is O=C(Nc1cccc(O)c1)c1cc2n(n1)[C@@H](C(F)(F)F)C[C@H](c1cccs1)N2. The van der Waals surface area contributed by atoms with Crippen LogP contribution in [0.3, 0.4) is 0 Å². The van der Waals surface area contributed by atoms with Crippen molar-refractivity contribution in [3.8, 4) is 5.75 Å². The van der Waals surface area contributed by atoms with Gasteiger partial charge >= 0.3 is 6.18 Å². The Balaban J connectivity index is 1.64. The number of alkyl halides is 3. The first kappa shape index (κ1) is 18.4. The van der Waals surface area contributed by atoms with E-state index < -0.39 is 24.2 Å². The number of rotatable bonds is 3. The zero-order valence-electron chi connectivity index (χ0n) is 14.3. The highest BCUT2D eigenvalue weighted by atomic mass is 32.1. The standard InChI is InChI=1S/C18H15F3N4O2S/c19-18(20,21)15-8-12(14-5-2-6-28-14)23-16-9-13(24-25(15)16)17(27)22-10-3-1-4-11(26)7-10/h1-7,9,12,15,23,26H,8H2,(H,22,27)/t12-,15-/m1/s1. The molecule has 3 N–H and O–H groups in total. The molecule has 2 atom stereocenters. The highest BCUT2D eigenvalue weighted by molar-refractivity contribution is 7.10. The Morgan fingerprint density at radius 2 is 2.11 bits per heavy atom. The minimum Gasteiger partial charge on any atom is -0.508 e. The van der Waals surface area contributed by atoms with Gasteiger partial charge in [0.05, 0.1) is 6.04 Å². The highest BCUT2D eigenvalue weighted by Gasteiger charge is 2.47. The van der Waals surface area contributed by atoms with Gasteiger partial charge in [-0.3, -0.25) is 4.79 Å². The molecule has 4 rings (SSSR count). The number of nitrogens with zero attached hydrogens (tertiary/aromatic N) is 2. The number of phenols is 1. The van der Waals surface area contributed by atoms with Crippen molar-refractivity contribution in [2.24, 2.45) is 0 Å². The van der Waals surface area contributed by atoms with Gasteiger partial charge in [0.15, 0.2) is 11.7 Å². The molecule has 28 heavy (non-hydrogen) atoms. The van der Waals surface area contributed by atoms with Crippen molar-refractivity contribution >= 4 is 28.7 Å². The van der Waals surface area contributed by atoms with E-state index in [2.05, 4.69) is 15.7 Å². The number of carbonyl (C=O) groups excluding carboxylic acids is 1. The Hall–Kier alpha value is -3.01. The number of benzene rings is 1. The van der Waals surface area contributed by atoms with Gasteiger partial charge < -0.3 is 15.7 Å². The summed E-state index contributed by atoms with van der Waals surface area (Å²) in [6, 6.07) is 8.37. The zero-order chi connectivity index (χ0) is 19.9. The summed E-state index contributed by atoms with van der Waals surface area (Å²) in [5.74, 6) is -0.574. The molecule has 1 aliphatic rings. The van der Waals surface area contributed by atoms with Crippen molar-refractivity contribution in [1.82, 2.24) is 9.78 Å². The highest BCUT2D eigenvalue weighted by Crippen LogP contribution is 2.44. The molecule has 0 saturated carbocycles. The van der Waals surface area contributed by atoms with Crippen LogP contribution >= 0.6 is 11.3 Å². The van der Waals surface area contributed by atoms with Gasteiger partial charge in [0.1, 0.15) is 11.6 Å². The van der Waals surface area contributed by atoms with Gasteiger partial charge in [-0.2, -0.15) is 18.3 Å². The number of hydrogen-bond acceptors (Lipinski definition) is 5.